The summed E-state index contributed by atoms with van der Waals surface area (Å²) in [5.41, 5.74) is 2.60. The SMILES string of the molecule is Brc1cc(CNC2CC2)ccc1OCCc1ccccc1. The molecule has 110 valence electrons. The molecule has 0 saturated heterocycles. The van der Waals surface area contributed by atoms with Gasteiger partial charge in [-0.05, 0) is 52.0 Å². The molecule has 0 bridgehead atoms. The van der Waals surface area contributed by atoms with E-state index in [1.165, 1.54) is 24.0 Å². The van der Waals surface area contributed by atoms with Crippen molar-refractivity contribution in [3.63, 3.8) is 0 Å². The van der Waals surface area contributed by atoms with Gasteiger partial charge in [0.2, 0.25) is 0 Å². The molecule has 0 aliphatic heterocycles. The first-order chi connectivity index (χ1) is 10.3. The van der Waals surface area contributed by atoms with Gasteiger partial charge in [0.25, 0.3) is 0 Å². The van der Waals surface area contributed by atoms with Gasteiger partial charge in [0.05, 0.1) is 11.1 Å². The number of nitrogens with one attached hydrogen (secondary N) is 1. The predicted octanol–water partition coefficient (Wildman–Crippen LogP) is 4.32. The summed E-state index contributed by atoms with van der Waals surface area (Å²) in [6, 6.07) is 17.5. The van der Waals surface area contributed by atoms with Crippen molar-refractivity contribution < 1.29 is 4.74 Å². The van der Waals surface area contributed by atoms with Crippen molar-refractivity contribution in [2.75, 3.05) is 6.61 Å². The van der Waals surface area contributed by atoms with Crippen LogP contribution in [0, 0.1) is 0 Å². The standard InChI is InChI=1S/C18H20BrNO/c19-17-12-15(13-20-16-7-8-16)6-9-18(17)21-11-10-14-4-2-1-3-5-14/h1-6,9,12,16,20H,7-8,10-11,13H2. The van der Waals surface area contributed by atoms with Gasteiger partial charge >= 0.3 is 0 Å². The molecule has 1 aliphatic carbocycles. The summed E-state index contributed by atoms with van der Waals surface area (Å²) in [5, 5.41) is 3.52. The molecule has 0 aromatic heterocycles. The van der Waals surface area contributed by atoms with Crippen molar-refractivity contribution >= 4 is 15.9 Å². The van der Waals surface area contributed by atoms with Gasteiger partial charge in [-0.15, -0.1) is 0 Å². The molecule has 0 amide bonds. The smallest absolute Gasteiger partial charge is 0.133 e. The molecule has 2 nitrogen and oxygen atoms in total. The topological polar surface area (TPSA) is 21.3 Å². The number of ether oxygens (including phenoxy) is 1. The zero-order valence-corrected chi connectivity index (χ0v) is 13.6. The molecule has 0 atom stereocenters. The van der Waals surface area contributed by atoms with Crippen LogP contribution in [0.3, 0.4) is 0 Å². The van der Waals surface area contributed by atoms with Gasteiger partial charge in [-0.1, -0.05) is 36.4 Å². The van der Waals surface area contributed by atoms with E-state index in [0.717, 1.165) is 29.2 Å². The fourth-order valence-electron chi connectivity index (χ4n) is 2.24. The molecule has 0 heterocycles. The van der Waals surface area contributed by atoms with Crippen LogP contribution in [-0.4, -0.2) is 12.6 Å². The molecule has 1 fully saturated rings. The fourth-order valence-corrected chi connectivity index (χ4v) is 2.79. The van der Waals surface area contributed by atoms with Crippen LogP contribution in [0.15, 0.2) is 53.0 Å². The average Bonchev–Trinajstić information content (AvgIpc) is 3.32. The second kappa shape index (κ2) is 7.10. The van der Waals surface area contributed by atoms with E-state index in [4.69, 9.17) is 4.74 Å². The second-order valence-corrected chi connectivity index (χ2v) is 6.36. The van der Waals surface area contributed by atoms with E-state index in [2.05, 4.69) is 63.7 Å². The third kappa shape index (κ3) is 4.58. The van der Waals surface area contributed by atoms with E-state index in [0.29, 0.717) is 6.61 Å². The van der Waals surface area contributed by atoms with Crippen molar-refractivity contribution in [2.45, 2.75) is 31.8 Å². The minimum atomic E-state index is 0.697. The van der Waals surface area contributed by atoms with E-state index < -0.39 is 0 Å². The van der Waals surface area contributed by atoms with Gasteiger partial charge in [-0.25, -0.2) is 0 Å². The largest absolute Gasteiger partial charge is 0.492 e. The zero-order valence-electron chi connectivity index (χ0n) is 12.0. The molecule has 21 heavy (non-hydrogen) atoms. The highest BCUT2D eigenvalue weighted by Gasteiger charge is 2.19. The number of halogens is 1. The zero-order chi connectivity index (χ0) is 14.5. The summed E-state index contributed by atoms with van der Waals surface area (Å²) >= 11 is 3.60. The van der Waals surface area contributed by atoms with Crippen molar-refractivity contribution in [1.82, 2.24) is 5.32 Å². The molecule has 0 unspecified atom stereocenters. The second-order valence-electron chi connectivity index (χ2n) is 5.50. The third-order valence-electron chi connectivity index (χ3n) is 3.66. The van der Waals surface area contributed by atoms with Crippen LogP contribution in [0.4, 0.5) is 0 Å². The van der Waals surface area contributed by atoms with Gasteiger partial charge in [-0.2, -0.15) is 0 Å². The van der Waals surface area contributed by atoms with Gasteiger partial charge in [0.1, 0.15) is 5.75 Å². The van der Waals surface area contributed by atoms with Crippen LogP contribution in [0.25, 0.3) is 0 Å². The lowest BCUT2D eigenvalue weighted by atomic mass is 10.2. The van der Waals surface area contributed by atoms with Gasteiger partial charge in [0, 0.05) is 19.0 Å². The monoisotopic (exact) mass is 345 g/mol. The van der Waals surface area contributed by atoms with E-state index >= 15 is 0 Å². The Labute approximate surface area is 134 Å². The molecule has 1 N–H and O–H groups in total. The number of benzene rings is 2. The Morgan fingerprint density at radius 3 is 2.57 bits per heavy atom. The molecule has 2 aromatic rings. The quantitative estimate of drug-likeness (QED) is 0.806. The van der Waals surface area contributed by atoms with Crippen LogP contribution in [0.5, 0.6) is 5.75 Å². The van der Waals surface area contributed by atoms with Crippen molar-refractivity contribution in [2.24, 2.45) is 0 Å². The number of hydrogen-bond acceptors (Lipinski definition) is 2. The Balaban J connectivity index is 1.50. The first-order valence-electron chi connectivity index (χ1n) is 7.50. The maximum atomic E-state index is 5.87. The lowest BCUT2D eigenvalue weighted by molar-refractivity contribution is 0.320. The molecule has 0 radical (unpaired) electrons. The van der Waals surface area contributed by atoms with Crippen molar-refractivity contribution in [3.05, 3.63) is 64.1 Å². The highest BCUT2D eigenvalue weighted by Crippen LogP contribution is 2.27. The summed E-state index contributed by atoms with van der Waals surface area (Å²) in [6.45, 7) is 1.63. The summed E-state index contributed by atoms with van der Waals surface area (Å²) in [4.78, 5) is 0. The fraction of sp³-hybridized carbons (Fsp3) is 0.333. The molecule has 0 spiro atoms. The molecular formula is C18H20BrNO. The van der Waals surface area contributed by atoms with Gasteiger partial charge in [-0.3, -0.25) is 0 Å². The van der Waals surface area contributed by atoms with Crippen LogP contribution in [0.2, 0.25) is 0 Å². The molecular weight excluding hydrogens is 326 g/mol. The Morgan fingerprint density at radius 1 is 1.05 bits per heavy atom. The number of rotatable bonds is 7. The third-order valence-corrected chi connectivity index (χ3v) is 4.28. The average molecular weight is 346 g/mol. The highest BCUT2D eigenvalue weighted by atomic mass is 79.9. The van der Waals surface area contributed by atoms with E-state index in [1.54, 1.807) is 0 Å². The molecule has 1 saturated carbocycles. The first-order valence-corrected chi connectivity index (χ1v) is 8.29. The van der Waals surface area contributed by atoms with Crippen LogP contribution >= 0.6 is 15.9 Å². The molecule has 2 aromatic carbocycles. The van der Waals surface area contributed by atoms with Crippen LogP contribution in [0.1, 0.15) is 24.0 Å². The minimum absolute atomic E-state index is 0.697. The Kier molecular flexibility index (Phi) is 4.94. The van der Waals surface area contributed by atoms with E-state index in [1.807, 2.05) is 6.07 Å². The predicted molar refractivity (Wildman–Crippen MR) is 89.6 cm³/mol. The Bertz CT molecular complexity index is 581. The lowest BCUT2D eigenvalue weighted by Crippen LogP contribution is -2.15. The molecule has 1 aliphatic rings. The summed E-state index contributed by atoms with van der Waals surface area (Å²) in [6.07, 6.45) is 3.57. The van der Waals surface area contributed by atoms with Crippen LogP contribution < -0.4 is 10.1 Å². The lowest BCUT2D eigenvalue weighted by Gasteiger charge is -2.10. The Morgan fingerprint density at radius 2 is 1.86 bits per heavy atom. The van der Waals surface area contributed by atoms with E-state index in [-0.39, 0.29) is 0 Å². The molecule has 3 rings (SSSR count). The normalized spacial score (nSPS) is 14.1. The first kappa shape index (κ1) is 14.6. The summed E-state index contributed by atoms with van der Waals surface area (Å²) in [5.74, 6) is 0.918. The highest BCUT2D eigenvalue weighted by molar-refractivity contribution is 9.10. The summed E-state index contributed by atoms with van der Waals surface area (Å²) in [7, 11) is 0. The van der Waals surface area contributed by atoms with Crippen LogP contribution in [-0.2, 0) is 13.0 Å². The minimum Gasteiger partial charge on any atom is -0.492 e. The molecule has 3 heteroatoms. The summed E-state index contributed by atoms with van der Waals surface area (Å²) < 4.78 is 6.90. The number of hydrogen-bond donors (Lipinski definition) is 1. The van der Waals surface area contributed by atoms with E-state index in [9.17, 15) is 0 Å². The maximum Gasteiger partial charge on any atom is 0.133 e. The van der Waals surface area contributed by atoms with Gasteiger partial charge in [0.15, 0.2) is 0 Å². The van der Waals surface area contributed by atoms with Crippen molar-refractivity contribution in [1.29, 1.82) is 0 Å². The van der Waals surface area contributed by atoms with Crippen molar-refractivity contribution in [3.8, 4) is 5.75 Å². The van der Waals surface area contributed by atoms with Gasteiger partial charge < -0.3 is 10.1 Å². The maximum absolute atomic E-state index is 5.87. The Hall–Kier alpha value is -1.32.